The lowest BCUT2D eigenvalue weighted by atomic mass is 9.87. The smallest absolute Gasteiger partial charge is 0.190 e. The number of Topliss-reactive ketones (excluding diaryl/α,β-unsaturated/α-hetero) is 2. The molecule has 2 atom stereocenters. The zero-order valence-electron chi connectivity index (χ0n) is 12.2. The van der Waals surface area contributed by atoms with E-state index in [-0.39, 0.29) is 17.7 Å². The second kappa shape index (κ2) is 7.02. The van der Waals surface area contributed by atoms with Crippen molar-refractivity contribution >= 4 is 11.6 Å². The monoisotopic (exact) mass is 280 g/mol. The van der Waals surface area contributed by atoms with Crippen molar-refractivity contribution in [3.8, 4) is 0 Å². The summed E-state index contributed by atoms with van der Waals surface area (Å²) in [6.07, 6.45) is 5.79. The molecule has 2 aliphatic rings. The van der Waals surface area contributed by atoms with Crippen molar-refractivity contribution < 1.29 is 19.4 Å². The Balaban J connectivity index is 1.87. The quantitative estimate of drug-likeness (QED) is 0.760. The molecule has 0 spiro atoms. The number of allylic oxidation sites excluding steroid dienone is 1. The molecule has 0 fully saturated rings. The van der Waals surface area contributed by atoms with E-state index in [2.05, 4.69) is 6.92 Å². The minimum Gasteiger partial charge on any atom is -0.487 e. The van der Waals surface area contributed by atoms with Crippen LogP contribution in [-0.2, 0) is 14.3 Å². The first kappa shape index (κ1) is 15.2. The van der Waals surface area contributed by atoms with Gasteiger partial charge in [-0.05, 0) is 25.7 Å². The summed E-state index contributed by atoms with van der Waals surface area (Å²) in [4.78, 5) is 23.9. The predicted octanol–water partition coefficient (Wildman–Crippen LogP) is 2.68. The Morgan fingerprint density at radius 2 is 2.05 bits per heavy atom. The van der Waals surface area contributed by atoms with Gasteiger partial charge in [0.15, 0.2) is 17.7 Å². The molecule has 2 rings (SSSR count). The molecule has 20 heavy (non-hydrogen) atoms. The highest BCUT2D eigenvalue weighted by molar-refractivity contribution is 6.00. The van der Waals surface area contributed by atoms with Crippen molar-refractivity contribution in [1.82, 2.24) is 0 Å². The molecule has 0 radical (unpaired) electrons. The summed E-state index contributed by atoms with van der Waals surface area (Å²) in [5, 5.41) is 9.55. The van der Waals surface area contributed by atoms with E-state index in [4.69, 9.17) is 4.74 Å². The second-order valence-corrected chi connectivity index (χ2v) is 5.74. The number of hydrogen-bond donors (Lipinski definition) is 1. The fourth-order valence-electron chi connectivity index (χ4n) is 2.90. The fraction of sp³-hybridized carbons (Fsp3) is 0.750. The van der Waals surface area contributed by atoms with Crippen molar-refractivity contribution in [2.45, 2.75) is 76.9 Å². The summed E-state index contributed by atoms with van der Waals surface area (Å²) in [7, 11) is 0. The topological polar surface area (TPSA) is 63.6 Å². The van der Waals surface area contributed by atoms with E-state index >= 15 is 0 Å². The molecule has 1 aliphatic heterocycles. The lowest BCUT2D eigenvalue weighted by Crippen LogP contribution is -2.35. The van der Waals surface area contributed by atoms with Crippen LogP contribution in [0.3, 0.4) is 0 Å². The zero-order valence-corrected chi connectivity index (χ0v) is 12.2. The van der Waals surface area contributed by atoms with Crippen LogP contribution >= 0.6 is 0 Å². The Kier molecular flexibility index (Phi) is 5.35. The van der Waals surface area contributed by atoms with Crippen LogP contribution in [-0.4, -0.2) is 28.9 Å². The van der Waals surface area contributed by atoms with Crippen LogP contribution in [0.2, 0.25) is 0 Å². The van der Waals surface area contributed by atoms with E-state index in [1.807, 2.05) is 0 Å². The summed E-state index contributed by atoms with van der Waals surface area (Å²) < 4.78 is 5.73. The molecule has 0 amide bonds. The van der Waals surface area contributed by atoms with Crippen LogP contribution in [0.15, 0.2) is 11.3 Å². The Morgan fingerprint density at radius 3 is 2.80 bits per heavy atom. The largest absolute Gasteiger partial charge is 0.487 e. The third kappa shape index (κ3) is 3.48. The average molecular weight is 280 g/mol. The Hall–Kier alpha value is -1.16. The molecule has 1 aliphatic carbocycles. The van der Waals surface area contributed by atoms with E-state index in [9.17, 15) is 14.7 Å². The second-order valence-electron chi connectivity index (χ2n) is 5.74. The van der Waals surface area contributed by atoms with Gasteiger partial charge < -0.3 is 9.84 Å². The number of aliphatic hydroxyl groups excluding tert-OH is 1. The van der Waals surface area contributed by atoms with Crippen LogP contribution in [0.1, 0.15) is 64.7 Å². The van der Waals surface area contributed by atoms with Crippen LogP contribution in [0.4, 0.5) is 0 Å². The first-order chi connectivity index (χ1) is 9.63. The number of carbonyl (C=O) groups excluding carboxylic acids is 2. The molecule has 4 heteroatoms. The standard InChI is InChI=1S/C16H24O4/c1-2-3-4-5-6-12(17)15-9-7-11-14(20-15)10-8-13(18)16(11)19/h13,15,18H,2-10H2,1H3. The van der Waals surface area contributed by atoms with Gasteiger partial charge in [0.2, 0.25) is 0 Å². The normalized spacial score (nSPS) is 26.2. The first-order valence-electron chi connectivity index (χ1n) is 7.77. The van der Waals surface area contributed by atoms with Crippen molar-refractivity contribution in [2.75, 3.05) is 0 Å². The Bertz CT molecular complexity index is 411. The minimum atomic E-state index is -0.876. The van der Waals surface area contributed by atoms with E-state index in [1.54, 1.807) is 0 Å². The fourth-order valence-corrected chi connectivity index (χ4v) is 2.90. The zero-order chi connectivity index (χ0) is 14.5. The van der Waals surface area contributed by atoms with Crippen LogP contribution in [0, 0.1) is 0 Å². The van der Waals surface area contributed by atoms with Crippen LogP contribution in [0.25, 0.3) is 0 Å². The lowest BCUT2D eigenvalue weighted by Gasteiger charge is -2.31. The molecule has 1 N–H and O–H groups in total. The third-order valence-electron chi connectivity index (χ3n) is 4.16. The van der Waals surface area contributed by atoms with Gasteiger partial charge in [0.25, 0.3) is 0 Å². The van der Waals surface area contributed by atoms with E-state index in [0.29, 0.717) is 43.4 Å². The highest BCUT2D eigenvalue weighted by atomic mass is 16.5. The summed E-state index contributed by atoms with van der Waals surface area (Å²) in [6, 6.07) is 0. The highest BCUT2D eigenvalue weighted by Gasteiger charge is 2.35. The number of carbonyl (C=O) groups is 2. The molecule has 0 aromatic carbocycles. The first-order valence-corrected chi connectivity index (χ1v) is 7.77. The SMILES string of the molecule is CCCCCCC(=O)C1CCC2=C(CCC(O)C2=O)O1. The molecule has 1 heterocycles. The van der Waals surface area contributed by atoms with Crippen LogP contribution in [0.5, 0.6) is 0 Å². The van der Waals surface area contributed by atoms with Gasteiger partial charge in [0.1, 0.15) is 11.9 Å². The van der Waals surface area contributed by atoms with E-state index < -0.39 is 6.10 Å². The molecule has 112 valence electrons. The maximum absolute atomic E-state index is 12.1. The molecule has 0 aromatic heterocycles. The summed E-state index contributed by atoms with van der Waals surface area (Å²) >= 11 is 0. The van der Waals surface area contributed by atoms with E-state index in [1.165, 1.54) is 6.42 Å². The van der Waals surface area contributed by atoms with Crippen molar-refractivity contribution in [3.63, 3.8) is 0 Å². The molecule has 2 unspecified atom stereocenters. The minimum absolute atomic E-state index is 0.159. The van der Waals surface area contributed by atoms with Crippen molar-refractivity contribution in [1.29, 1.82) is 0 Å². The van der Waals surface area contributed by atoms with Gasteiger partial charge in [-0.25, -0.2) is 0 Å². The van der Waals surface area contributed by atoms with E-state index in [0.717, 1.165) is 19.3 Å². The van der Waals surface area contributed by atoms with Gasteiger partial charge in [-0.2, -0.15) is 0 Å². The van der Waals surface area contributed by atoms with Gasteiger partial charge in [0.05, 0.1) is 0 Å². The van der Waals surface area contributed by atoms with Gasteiger partial charge in [-0.15, -0.1) is 0 Å². The molecular formula is C16H24O4. The molecule has 0 bridgehead atoms. The van der Waals surface area contributed by atoms with Gasteiger partial charge >= 0.3 is 0 Å². The summed E-state index contributed by atoms with van der Waals surface area (Å²) in [5.74, 6) is 0.602. The number of aliphatic hydroxyl groups is 1. The summed E-state index contributed by atoms with van der Waals surface area (Å²) in [5.41, 5.74) is 0.610. The number of hydrogen-bond acceptors (Lipinski definition) is 4. The molecule has 0 saturated heterocycles. The number of ether oxygens (including phenoxy) is 1. The van der Waals surface area contributed by atoms with Crippen LogP contribution < -0.4 is 0 Å². The number of ketones is 2. The molecule has 0 aromatic rings. The van der Waals surface area contributed by atoms with Crippen molar-refractivity contribution in [3.05, 3.63) is 11.3 Å². The van der Waals surface area contributed by atoms with Gasteiger partial charge in [0, 0.05) is 18.4 Å². The average Bonchev–Trinajstić information content (AvgIpc) is 2.47. The third-order valence-corrected chi connectivity index (χ3v) is 4.16. The lowest BCUT2D eigenvalue weighted by molar-refractivity contribution is -0.132. The maximum atomic E-state index is 12.1. The molecular weight excluding hydrogens is 256 g/mol. The Morgan fingerprint density at radius 1 is 1.25 bits per heavy atom. The number of unbranched alkanes of at least 4 members (excludes halogenated alkanes) is 3. The van der Waals surface area contributed by atoms with Gasteiger partial charge in [-0.3, -0.25) is 9.59 Å². The summed E-state index contributed by atoms with van der Waals surface area (Å²) in [6.45, 7) is 2.15. The highest BCUT2D eigenvalue weighted by Crippen LogP contribution is 2.33. The maximum Gasteiger partial charge on any atom is 0.190 e. The molecule has 0 saturated carbocycles. The predicted molar refractivity (Wildman–Crippen MR) is 75.1 cm³/mol. The van der Waals surface area contributed by atoms with Gasteiger partial charge in [-0.1, -0.05) is 26.2 Å². The Labute approximate surface area is 120 Å². The number of rotatable bonds is 6. The molecule has 4 nitrogen and oxygen atoms in total. The van der Waals surface area contributed by atoms with Crippen molar-refractivity contribution in [2.24, 2.45) is 0 Å².